The van der Waals surface area contributed by atoms with Gasteiger partial charge in [-0.3, -0.25) is 5.32 Å². The third-order valence-corrected chi connectivity index (χ3v) is 1.00. The van der Waals surface area contributed by atoms with E-state index in [1.807, 2.05) is 0 Å². The van der Waals surface area contributed by atoms with Crippen molar-refractivity contribution in [1.82, 2.24) is 10.6 Å². The van der Waals surface area contributed by atoms with Crippen LogP contribution >= 0.6 is 0 Å². The van der Waals surface area contributed by atoms with Gasteiger partial charge < -0.3 is 10.1 Å². The topological polar surface area (TPSA) is 50.4 Å². The fourth-order valence-electron chi connectivity index (χ4n) is 0.550. The molecule has 0 aromatic rings. The van der Waals surface area contributed by atoms with Crippen LogP contribution in [0.3, 0.4) is 0 Å². The molecule has 0 aliphatic carbocycles. The minimum absolute atomic E-state index is 0.137. The highest BCUT2D eigenvalue weighted by Crippen LogP contribution is 1.92. The van der Waals surface area contributed by atoms with Crippen LogP contribution in [0.25, 0.3) is 0 Å². The lowest BCUT2D eigenvalue weighted by Crippen LogP contribution is -2.28. The molecule has 0 bridgehead atoms. The second-order valence-electron chi connectivity index (χ2n) is 1.56. The van der Waals surface area contributed by atoms with Crippen molar-refractivity contribution in [2.75, 3.05) is 13.6 Å². The van der Waals surface area contributed by atoms with Crippen LogP contribution in [0.15, 0.2) is 0 Å². The summed E-state index contributed by atoms with van der Waals surface area (Å²) in [6.45, 7) is 0.565. The van der Waals surface area contributed by atoms with Gasteiger partial charge in [-0.15, -0.1) is 0 Å². The fourth-order valence-corrected chi connectivity index (χ4v) is 0.550. The molecule has 1 rings (SSSR count). The molecular weight excluding hydrogens is 108 g/mol. The highest BCUT2D eigenvalue weighted by atomic mass is 16.6. The summed E-state index contributed by atoms with van der Waals surface area (Å²) < 4.78 is 4.65. The molecule has 1 fully saturated rings. The molecule has 1 aliphatic heterocycles. The standard InChI is InChI=1S/C4H8N2O2/c1-5-3-2-6-4(7)8-3/h3,5H,2H2,1H3,(H,6,7). The van der Waals surface area contributed by atoms with E-state index in [1.165, 1.54) is 0 Å². The second-order valence-corrected chi connectivity index (χ2v) is 1.56. The Balaban J connectivity index is 2.32. The predicted molar refractivity (Wildman–Crippen MR) is 27.3 cm³/mol. The van der Waals surface area contributed by atoms with Crippen LogP contribution in [-0.2, 0) is 4.74 Å². The third-order valence-electron chi connectivity index (χ3n) is 1.00. The smallest absolute Gasteiger partial charge is 0.408 e. The van der Waals surface area contributed by atoms with Gasteiger partial charge in [0.15, 0.2) is 6.23 Å². The van der Waals surface area contributed by atoms with Crippen LogP contribution in [0.5, 0.6) is 0 Å². The van der Waals surface area contributed by atoms with Gasteiger partial charge in [0.2, 0.25) is 0 Å². The first-order valence-electron chi connectivity index (χ1n) is 2.44. The Morgan fingerprint density at radius 2 is 2.75 bits per heavy atom. The predicted octanol–water partition coefficient (Wildman–Crippen LogP) is -0.728. The Bertz CT molecular complexity index is 104. The average molecular weight is 116 g/mol. The Kier molecular flexibility index (Phi) is 1.34. The summed E-state index contributed by atoms with van der Waals surface area (Å²) in [6, 6.07) is 0. The largest absolute Gasteiger partial charge is 0.429 e. The van der Waals surface area contributed by atoms with Gasteiger partial charge in [-0.2, -0.15) is 0 Å². The number of hydrogen-bond acceptors (Lipinski definition) is 3. The molecule has 0 aromatic heterocycles. The molecule has 8 heavy (non-hydrogen) atoms. The monoisotopic (exact) mass is 116 g/mol. The van der Waals surface area contributed by atoms with Gasteiger partial charge in [-0.25, -0.2) is 4.79 Å². The number of rotatable bonds is 1. The molecule has 46 valence electrons. The van der Waals surface area contributed by atoms with Crippen molar-refractivity contribution >= 4 is 6.09 Å². The average Bonchev–Trinajstić information content (AvgIpc) is 2.14. The van der Waals surface area contributed by atoms with Crippen molar-refractivity contribution in [2.24, 2.45) is 0 Å². The highest BCUT2D eigenvalue weighted by molar-refractivity contribution is 5.69. The molecule has 1 atom stereocenters. The number of alkyl carbamates (subject to hydrolysis) is 1. The van der Waals surface area contributed by atoms with E-state index < -0.39 is 0 Å². The molecule has 1 aliphatic rings. The molecule has 1 unspecified atom stereocenters. The number of hydrogen-bond donors (Lipinski definition) is 2. The number of cyclic esters (lactones) is 1. The SMILES string of the molecule is CNC1CNC(=O)O1. The van der Waals surface area contributed by atoms with Gasteiger partial charge in [-0.05, 0) is 7.05 Å². The lowest BCUT2D eigenvalue weighted by atomic mass is 10.6. The van der Waals surface area contributed by atoms with E-state index in [-0.39, 0.29) is 12.3 Å². The minimum atomic E-state index is -0.343. The van der Waals surface area contributed by atoms with Gasteiger partial charge in [0.05, 0.1) is 6.54 Å². The zero-order chi connectivity index (χ0) is 5.98. The van der Waals surface area contributed by atoms with Crippen LogP contribution in [0, 0.1) is 0 Å². The Hall–Kier alpha value is -0.770. The molecule has 1 heterocycles. The van der Waals surface area contributed by atoms with E-state index >= 15 is 0 Å². The summed E-state index contributed by atoms with van der Waals surface area (Å²) >= 11 is 0. The molecular formula is C4H8N2O2. The first-order chi connectivity index (χ1) is 3.83. The van der Waals surface area contributed by atoms with E-state index in [1.54, 1.807) is 7.05 Å². The van der Waals surface area contributed by atoms with Crippen LogP contribution in [0.2, 0.25) is 0 Å². The maximum atomic E-state index is 10.2. The molecule has 2 N–H and O–H groups in total. The lowest BCUT2D eigenvalue weighted by molar-refractivity contribution is 0.127. The van der Waals surface area contributed by atoms with Gasteiger partial charge >= 0.3 is 6.09 Å². The molecule has 1 amide bonds. The van der Waals surface area contributed by atoms with E-state index in [2.05, 4.69) is 15.4 Å². The van der Waals surface area contributed by atoms with Crippen molar-refractivity contribution < 1.29 is 9.53 Å². The van der Waals surface area contributed by atoms with Gasteiger partial charge in [0.25, 0.3) is 0 Å². The van der Waals surface area contributed by atoms with Crippen molar-refractivity contribution in [3.63, 3.8) is 0 Å². The molecule has 0 spiro atoms. The summed E-state index contributed by atoms with van der Waals surface area (Å²) in [5.41, 5.74) is 0. The third kappa shape index (κ3) is 0.894. The van der Waals surface area contributed by atoms with Crippen molar-refractivity contribution in [2.45, 2.75) is 6.23 Å². The summed E-state index contributed by atoms with van der Waals surface area (Å²) in [5.74, 6) is 0. The zero-order valence-corrected chi connectivity index (χ0v) is 4.60. The number of nitrogens with one attached hydrogen (secondary N) is 2. The summed E-state index contributed by atoms with van der Waals surface area (Å²) in [5, 5.41) is 5.29. The second kappa shape index (κ2) is 2.00. The van der Waals surface area contributed by atoms with E-state index in [9.17, 15) is 4.79 Å². The molecule has 1 saturated heterocycles. The molecule has 4 nitrogen and oxygen atoms in total. The Labute approximate surface area is 47.2 Å². The van der Waals surface area contributed by atoms with Gasteiger partial charge in [-0.1, -0.05) is 0 Å². The lowest BCUT2D eigenvalue weighted by Gasteiger charge is -2.02. The van der Waals surface area contributed by atoms with Crippen molar-refractivity contribution in [3.8, 4) is 0 Å². The summed E-state index contributed by atoms with van der Waals surface area (Å²) in [4.78, 5) is 10.2. The number of ether oxygens (including phenoxy) is 1. The van der Waals surface area contributed by atoms with Crippen LogP contribution < -0.4 is 10.6 Å². The number of carbonyl (C=O) groups excluding carboxylic acids is 1. The Morgan fingerprint density at radius 1 is 2.00 bits per heavy atom. The molecule has 0 aromatic carbocycles. The first-order valence-corrected chi connectivity index (χ1v) is 2.44. The van der Waals surface area contributed by atoms with Crippen LogP contribution in [0.1, 0.15) is 0 Å². The van der Waals surface area contributed by atoms with Crippen molar-refractivity contribution in [3.05, 3.63) is 0 Å². The summed E-state index contributed by atoms with van der Waals surface area (Å²) in [6.07, 6.45) is -0.480. The molecule has 0 saturated carbocycles. The maximum absolute atomic E-state index is 10.2. The van der Waals surface area contributed by atoms with Crippen LogP contribution in [0.4, 0.5) is 4.79 Å². The molecule has 4 heteroatoms. The quantitative estimate of drug-likeness (QED) is 0.475. The van der Waals surface area contributed by atoms with Crippen LogP contribution in [-0.4, -0.2) is 25.9 Å². The number of carbonyl (C=O) groups is 1. The Morgan fingerprint density at radius 3 is 3.00 bits per heavy atom. The fraction of sp³-hybridized carbons (Fsp3) is 0.750. The number of likely N-dealkylation sites (N-methyl/N-ethyl adjacent to an activating group) is 1. The normalized spacial score (nSPS) is 27.1. The van der Waals surface area contributed by atoms with E-state index in [4.69, 9.17) is 0 Å². The maximum Gasteiger partial charge on any atom is 0.408 e. The van der Waals surface area contributed by atoms with E-state index in [0.717, 1.165) is 0 Å². The van der Waals surface area contributed by atoms with Crippen molar-refractivity contribution in [1.29, 1.82) is 0 Å². The highest BCUT2D eigenvalue weighted by Gasteiger charge is 2.19. The minimum Gasteiger partial charge on any atom is -0.429 e. The zero-order valence-electron chi connectivity index (χ0n) is 4.60. The first kappa shape index (κ1) is 5.37. The van der Waals surface area contributed by atoms with Gasteiger partial charge in [0.1, 0.15) is 0 Å². The van der Waals surface area contributed by atoms with Gasteiger partial charge in [0, 0.05) is 0 Å². The molecule has 0 radical (unpaired) electrons. The van der Waals surface area contributed by atoms with E-state index in [0.29, 0.717) is 6.54 Å². The number of amides is 1. The summed E-state index contributed by atoms with van der Waals surface area (Å²) in [7, 11) is 1.74.